The number of carbonyl (C=O) groups excluding carboxylic acids is 2. The van der Waals surface area contributed by atoms with E-state index in [1.807, 2.05) is 75.4 Å². The van der Waals surface area contributed by atoms with E-state index in [9.17, 15) is 9.59 Å². The summed E-state index contributed by atoms with van der Waals surface area (Å²) in [5.74, 6) is 6.18. The van der Waals surface area contributed by atoms with Crippen LogP contribution in [0.15, 0.2) is 66.9 Å². The van der Waals surface area contributed by atoms with E-state index < -0.39 is 0 Å². The molecular weight excluding hydrogens is 440 g/mol. The number of nitrogens with zero attached hydrogens (tertiary/aromatic N) is 4. The number of hydrogen-bond donors (Lipinski definition) is 2. The summed E-state index contributed by atoms with van der Waals surface area (Å²) in [6.45, 7) is 15.2. The van der Waals surface area contributed by atoms with Gasteiger partial charge in [-0.2, -0.15) is 0 Å². The topological polar surface area (TPSA) is 85.2 Å². The lowest BCUT2D eigenvalue weighted by atomic mass is 10.0. The van der Waals surface area contributed by atoms with Crippen molar-refractivity contribution in [1.29, 1.82) is 0 Å². The summed E-state index contributed by atoms with van der Waals surface area (Å²) in [5.41, 5.74) is 3.33. The normalized spacial score (nSPS) is 15.0. The minimum atomic E-state index is -0.314. The number of amides is 3. The molecule has 1 saturated heterocycles. The molecule has 0 radical (unpaired) electrons. The molecule has 0 spiro atoms. The van der Waals surface area contributed by atoms with Gasteiger partial charge >= 0.3 is 6.03 Å². The van der Waals surface area contributed by atoms with Crippen LogP contribution in [0, 0.1) is 0 Å². The number of nitrogens with one attached hydrogen (secondary N) is 1. The fourth-order valence-electron chi connectivity index (χ4n) is 4.55. The predicted molar refractivity (Wildman–Crippen MR) is 142 cm³/mol. The minimum Gasteiger partial charge on any atom is -0.369 e. The zero-order chi connectivity index (χ0) is 25.5. The van der Waals surface area contributed by atoms with Gasteiger partial charge in [-0.05, 0) is 57.5 Å². The van der Waals surface area contributed by atoms with E-state index in [1.54, 1.807) is 11.8 Å². The van der Waals surface area contributed by atoms with Gasteiger partial charge in [-0.3, -0.25) is 14.6 Å². The Morgan fingerprint density at radius 3 is 2.14 bits per heavy atom. The number of anilines is 2. The first-order chi connectivity index (χ1) is 16.7. The van der Waals surface area contributed by atoms with Gasteiger partial charge in [0.2, 0.25) is 5.91 Å². The van der Waals surface area contributed by atoms with Gasteiger partial charge in [0.15, 0.2) is 0 Å². The van der Waals surface area contributed by atoms with Crippen LogP contribution >= 0.6 is 0 Å². The van der Waals surface area contributed by atoms with Crippen LogP contribution in [0.25, 0.3) is 0 Å². The van der Waals surface area contributed by atoms with Crippen LogP contribution < -0.4 is 21.1 Å². The van der Waals surface area contributed by atoms with E-state index >= 15 is 0 Å². The Labute approximate surface area is 208 Å². The van der Waals surface area contributed by atoms with Gasteiger partial charge in [-0.25, -0.2) is 15.6 Å². The second-order valence-electron chi connectivity index (χ2n) is 9.10. The Bertz CT molecular complexity index is 1000. The van der Waals surface area contributed by atoms with Gasteiger partial charge < -0.3 is 10.2 Å². The third-order valence-corrected chi connectivity index (χ3v) is 6.23. The Morgan fingerprint density at radius 1 is 1.03 bits per heavy atom. The molecule has 0 saturated carbocycles. The number of urea groups is 1. The maximum atomic E-state index is 12.9. The zero-order valence-corrected chi connectivity index (χ0v) is 21.3. The van der Waals surface area contributed by atoms with Crippen molar-refractivity contribution in [2.24, 2.45) is 5.84 Å². The fourth-order valence-corrected chi connectivity index (χ4v) is 4.55. The molecule has 8 heteroatoms. The number of hydrogen-bond acceptors (Lipinski definition) is 5. The molecular formula is C27H38N6O2. The Kier molecular flexibility index (Phi) is 8.89. The van der Waals surface area contributed by atoms with Gasteiger partial charge in [-0.15, -0.1) is 0 Å². The molecule has 3 amide bonds. The van der Waals surface area contributed by atoms with Gasteiger partial charge in [0.05, 0.1) is 5.69 Å². The molecule has 1 aliphatic heterocycles. The van der Waals surface area contributed by atoms with Crippen molar-refractivity contribution < 1.29 is 9.59 Å². The van der Waals surface area contributed by atoms with Gasteiger partial charge in [0, 0.05) is 50.2 Å². The first kappa shape index (κ1) is 26.2. The molecule has 0 bridgehead atoms. The summed E-state index contributed by atoms with van der Waals surface area (Å²) < 4.78 is 0. The number of piperazine rings is 1. The zero-order valence-electron chi connectivity index (χ0n) is 21.3. The number of rotatable bonds is 8. The molecule has 1 fully saturated rings. The van der Waals surface area contributed by atoms with E-state index in [0.717, 1.165) is 42.4 Å². The highest BCUT2D eigenvalue weighted by Gasteiger charge is 2.30. The van der Waals surface area contributed by atoms with E-state index in [0.29, 0.717) is 17.9 Å². The van der Waals surface area contributed by atoms with Crippen molar-refractivity contribution in [1.82, 2.24) is 15.1 Å². The largest absolute Gasteiger partial charge is 0.369 e. The molecule has 1 atom stereocenters. The summed E-state index contributed by atoms with van der Waals surface area (Å²) in [6.07, 6.45) is 0. The Morgan fingerprint density at radius 2 is 1.63 bits per heavy atom. The quantitative estimate of drug-likeness (QED) is 0.343. The fraction of sp³-hybridized carbons (Fsp3) is 0.407. The highest BCUT2D eigenvalue weighted by Crippen LogP contribution is 2.26. The predicted octanol–water partition coefficient (Wildman–Crippen LogP) is 3.73. The minimum absolute atomic E-state index is 0.0365. The molecule has 1 aliphatic rings. The standard InChI is InChI=1S/C27H38N6O2/c1-6-29-26(34)25(22-10-8-7-9-11-22)31-18-16-30(17-19-31)23-12-14-24(15-13-23)33(28)27(35)32(20(2)3)21(4)5/h7-15,21,25H,2,6,16-19,28H2,1,3-5H3,(H,29,34). The smallest absolute Gasteiger partial charge is 0.343 e. The third kappa shape index (κ3) is 6.21. The summed E-state index contributed by atoms with van der Waals surface area (Å²) in [7, 11) is 0. The Hall–Kier alpha value is -3.36. The summed E-state index contributed by atoms with van der Waals surface area (Å²) in [6, 6.07) is 17.0. The monoisotopic (exact) mass is 478 g/mol. The van der Waals surface area contributed by atoms with Crippen LogP contribution in [-0.2, 0) is 4.79 Å². The maximum absolute atomic E-state index is 12.9. The van der Waals surface area contributed by atoms with Gasteiger partial charge in [0.25, 0.3) is 0 Å². The third-order valence-electron chi connectivity index (χ3n) is 6.23. The molecule has 2 aromatic carbocycles. The highest BCUT2D eigenvalue weighted by molar-refractivity contribution is 5.92. The van der Waals surface area contributed by atoms with E-state index in [4.69, 9.17) is 5.84 Å². The molecule has 1 unspecified atom stereocenters. The number of benzene rings is 2. The lowest BCUT2D eigenvalue weighted by Gasteiger charge is -2.40. The van der Waals surface area contributed by atoms with Crippen LogP contribution in [0.5, 0.6) is 0 Å². The molecule has 2 aromatic rings. The molecule has 0 aliphatic carbocycles. The van der Waals surface area contributed by atoms with Gasteiger partial charge in [0.1, 0.15) is 6.04 Å². The molecule has 8 nitrogen and oxygen atoms in total. The van der Waals surface area contributed by atoms with E-state index in [1.165, 1.54) is 0 Å². The first-order valence-electron chi connectivity index (χ1n) is 12.2. The second-order valence-corrected chi connectivity index (χ2v) is 9.10. The van der Waals surface area contributed by atoms with Crippen molar-refractivity contribution in [3.8, 4) is 0 Å². The summed E-state index contributed by atoms with van der Waals surface area (Å²) >= 11 is 0. The molecule has 3 rings (SSSR count). The number of likely N-dealkylation sites (N-methyl/N-ethyl adjacent to an activating group) is 1. The number of nitrogens with two attached hydrogens (primary N) is 1. The highest BCUT2D eigenvalue weighted by atomic mass is 16.2. The lowest BCUT2D eigenvalue weighted by molar-refractivity contribution is -0.126. The molecule has 1 heterocycles. The average molecular weight is 479 g/mol. The average Bonchev–Trinajstić information content (AvgIpc) is 2.85. The van der Waals surface area contributed by atoms with Crippen LogP contribution in [0.1, 0.15) is 39.3 Å². The van der Waals surface area contributed by atoms with Gasteiger partial charge in [-0.1, -0.05) is 36.9 Å². The van der Waals surface area contributed by atoms with Crippen molar-refractivity contribution in [2.75, 3.05) is 42.6 Å². The second kappa shape index (κ2) is 11.9. The molecule has 3 N–H and O–H groups in total. The SMILES string of the molecule is C=C(C)N(C(=O)N(N)c1ccc(N2CCN(C(C(=O)NCC)c3ccccc3)CC2)cc1)C(C)C. The van der Waals surface area contributed by atoms with Crippen molar-refractivity contribution in [3.05, 3.63) is 72.4 Å². The number of hydrazine groups is 1. The molecule has 35 heavy (non-hydrogen) atoms. The number of allylic oxidation sites excluding steroid dienone is 1. The van der Waals surface area contributed by atoms with E-state index in [-0.39, 0.29) is 24.0 Å². The van der Waals surface area contributed by atoms with Crippen LogP contribution in [0.3, 0.4) is 0 Å². The van der Waals surface area contributed by atoms with E-state index in [2.05, 4.69) is 21.7 Å². The summed E-state index contributed by atoms with van der Waals surface area (Å²) in [4.78, 5) is 31.8. The number of carbonyl (C=O) groups is 2. The first-order valence-corrected chi connectivity index (χ1v) is 12.2. The maximum Gasteiger partial charge on any atom is 0.343 e. The lowest BCUT2D eigenvalue weighted by Crippen LogP contribution is -2.51. The van der Waals surface area contributed by atoms with Crippen LogP contribution in [0.2, 0.25) is 0 Å². The molecule has 188 valence electrons. The molecule has 0 aromatic heterocycles. The van der Waals surface area contributed by atoms with Crippen LogP contribution in [0.4, 0.5) is 16.2 Å². The Balaban J connectivity index is 1.67. The van der Waals surface area contributed by atoms with Crippen LogP contribution in [-0.4, -0.2) is 60.5 Å². The van der Waals surface area contributed by atoms with Crippen molar-refractivity contribution in [2.45, 2.75) is 39.8 Å². The van der Waals surface area contributed by atoms with Crippen molar-refractivity contribution in [3.63, 3.8) is 0 Å². The summed E-state index contributed by atoms with van der Waals surface area (Å²) in [5, 5.41) is 4.14. The van der Waals surface area contributed by atoms with Crippen molar-refractivity contribution >= 4 is 23.3 Å².